The van der Waals surface area contributed by atoms with Crippen LogP contribution in [0.5, 0.6) is 0 Å². The van der Waals surface area contributed by atoms with Crippen LogP contribution in [0.1, 0.15) is 29.8 Å². The molecule has 0 atom stereocenters. The number of rotatable bonds is 6. The van der Waals surface area contributed by atoms with Crippen molar-refractivity contribution < 1.29 is 9.90 Å². The first-order chi connectivity index (χ1) is 13.8. The molecule has 0 aliphatic carbocycles. The molecule has 1 amide bonds. The van der Waals surface area contributed by atoms with Gasteiger partial charge in [-0.25, -0.2) is 9.97 Å². The van der Waals surface area contributed by atoms with E-state index in [1.54, 1.807) is 44.7 Å². The molecular weight excluding hydrogens is 372 g/mol. The van der Waals surface area contributed by atoms with Crippen molar-refractivity contribution in [3.63, 3.8) is 0 Å². The van der Waals surface area contributed by atoms with Crippen LogP contribution >= 0.6 is 0 Å². The monoisotopic (exact) mass is 394 g/mol. The maximum atomic E-state index is 12.3. The molecule has 0 radical (unpaired) electrons. The Morgan fingerprint density at radius 3 is 2.52 bits per heavy atom. The molecule has 0 unspecified atom stereocenters. The van der Waals surface area contributed by atoms with Crippen LogP contribution in [0.15, 0.2) is 48.1 Å². The van der Waals surface area contributed by atoms with Crippen molar-refractivity contribution in [1.29, 1.82) is 0 Å². The maximum Gasteiger partial charge on any atom is 0.281 e. The number of pyridine rings is 1. The first-order valence-electron chi connectivity index (χ1n) is 8.85. The van der Waals surface area contributed by atoms with E-state index in [1.165, 1.54) is 10.9 Å². The summed E-state index contributed by atoms with van der Waals surface area (Å²) in [7, 11) is 0. The summed E-state index contributed by atoms with van der Waals surface area (Å²) in [5, 5.41) is 13.5. The summed E-state index contributed by atoms with van der Waals surface area (Å²) < 4.78 is 1.52. The van der Waals surface area contributed by atoms with Gasteiger partial charge in [-0.1, -0.05) is 6.07 Å². The largest absolute Gasteiger partial charge is 0.394 e. The van der Waals surface area contributed by atoms with E-state index in [4.69, 9.17) is 11.5 Å². The molecule has 10 nitrogen and oxygen atoms in total. The zero-order valence-corrected chi connectivity index (χ0v) is 16.1. The predicted octanol–water partition coefficient (Wildman–Crippen LogP) is 0.785. The van der Waals surface area contributed by atoms with E-state index in [0.717, 1.165) is 11.1 Å². The van der Waals surface area contributed by atoms with E-state index in [-0.39, 0.29) is 24.8 Å². The maximum absolute atomic E-state index is 12.3. The molecule has 3 aromatic heterocycles. The molecule has 5 N–H and O–H groups in total. The fourth-order valence-corrected chi connectivity index (χ4v) is 2.45. The minimum absolute atomic E-state index is 0.112. The van der Waals surface area contributed by atoms with Crippen LogP contribution in [-0.4, -0.2) is 48.2 Å². The van der Waals surface area contributed by atoms with Crippen LogP contribution in [0.25, 0.3) is 11.3 Å². The second-order valence-electron chi connectivity index (χ2n) is 7.11. The smallest absolute Gasteiger partial charge is 0.281 e. The Hall–Kier alpha value is -3.66. The summed E-state index contributed by atoms with van der Waals surface area (Å²) in [6.45, 7) is 3.50. The lowest BCUT2D eigenvalue weighted by molar-refractivity contribution is 0.100. The van der Waals surface area contributed by atoms with E-state index in [0.29, 0.717) is 11.3 Å². The number of amidine groups is 1. The van der Waals surface area contributed by atoms with Gasteiger partial charge in [0.2, 0.25) is 5.95 Å². The van der Waals surface area contributed by atoms with Gasteiger partial charge in [0, 0.05) is 36.8 Å². The third kappa shape index (κ3) is 4.79. The number of aliphatic imine (C=N–C) groups is 1. The van der Waals surface area contributed by atoms with Crippen molar-refractivity contribution in [2.45, 2.75) is 25.8 Å². The van der Waals surface area contributed by atoms with Gasteiger partial charge in [0.05, 0.1) is 29.6 Å². The number of nitrogen functional groups attached to an aromatic ring is 1. The van der Waals surface area contributed by atoms with Gasteiger partial charge in [-0.15, -0.1) is 0 Å². The zero-order chi connectivity index (χ0) is 21.0. The van der Waals surface area contributed by atoms with Crippen molar-refractivity contribution in [2.75, 3.05) is 12.3 Å². The molecule has 0 saturated heterocycles. The number of hydrogen-bond acceptors (Lipinski definition) is 7. The Labute approximate surface area is 167 Å². The van der Waals surface area contributed by atoms with Gasteiger partial charge >= 0.3 is 0 Å². The highest BCUT2D eigenvalue weighted by Crippen LogP contribution is 2.16. The standard InChI is InChI=1S/C19H22N8O2/c1-19(2,11-28)27-10-14(9-25-27)17(29)26-16(20)5-12-3-4-15(22-6-12)13-7-23-18(21)24-8-13/h3-4,6-10,28H,5,11H2,1-2H3,(H2,20,26,29)(H2,21,23,24). The predicted molar refractivity (Wildman–Crippen MR) is 108 cm³/mol. The minimum atomic E-state index is -0.614. The lowest BCUT2D eigenvalue weighted by Crippen LogP contribution is -2.30. The summed E-state index contributed by atoms with van der Waals surface area (Å²) in [6, 6.07) is 3.65. The molecule has 3 heterocycles. The van der Waals surface area contributed by atoms with Crippen molar-refractivity contribution >= 4 is 17.7 Å². The average molecular weight is 394 g/mol. The first-order valence-corrected chi connectivity index (χ1v) is 8.85. The number of carbonyl (C=O) groups is 1. The Morgan fingerprint density at radius 1 is 1.17 bits per heavy atom. The molecule has 0 aliphatic heterocycles. The van der Waals surface area contributed by atoms with Gasteiger partial charge in [-0.3, -0.25) is 14.5 Å². The van der Waals surface area contributed by atoms with Crippen LogP contribution < -0.4 is 11.5 Å². The molecule has 0 spiro atoms. The summed E-state index contributed by atoms with van der Waals surface area (Å²) >= 11 is 0. The van der Waals surface area contributed by atoms with Crippen molar-refractivity contribution in [3.8, 4) is 11.3 Å². The number of aliphatic hydroxyl groups excluding tert-OH is 1. The van der Waals surface area contributed by atoms with Crippen LogP contribution in [0, 0.1) is 0 Å². The number of anilines is 1. The molecule has 3 rings (SSSR count). The Balaban J connectivity index is 1.68. The lowest BCUT2D eigenvalue weighted by Gasteiger charge is -2.21. The third-order valence-corrected chi connectivity index (χ3v) is 4.26. The van der Waals surface area contributed by atoms with Crippen LogP contribution in [-0.2, 0) is 12.0 Å². The molecule has 0 aliphatic rings. The van der Waals surface area contributed by atoms with Crippen LogP contribution in [0.3, 0.4) is 0 Å². The van der Waals surface area contributed by atoms with Gasteiger partial charge in [0.25, 0.3) is 5.91 Å². The van der Waals surface area contributed by atoms with E-state index in [9.17, 15) is 9.90 Å². The fourth-order valence-electron chi connectivity index (χ4n) is 2.45. The summed E-state index contributed by atoms with van der Waals surface area (Å²) in [4.78, 5) is 28.5. The number of amides is 1. The SMILES string of the molecule is CC(C)(CO)n1cc(C(=O)N=C(N)Cc2ccc(-c3cnc(N)nc3)nc2)cn1. The Morgan fingerprint density at radius 2 is 1.90 bits per heavy atom. The summed E-state index contributed by atoms with van der Waals surface area (Å²) in [6.07, 6.45) is 8.06. The fraction of sp³-hybridized carbons (Fsp3) is 0.263. The number of carbonyl (C=O) groups excluding carboxylic acids is 1. The number of hydrogen-bond donors (Lipinski definition) is 3. The topological polar surface area (TPSA) is 158 Å². The van der Waals surface area contributed by atoms with Crippen LogP contribution in [0.2, 0.25) is 0 Å². The highest BCUT2D eigenvalue weighted by atomic mass is 16.3. The van der Waals surface area contributed by atoms with Gasteiger partial charge in [-0.2, -0.15) is 10.1 Å². The van der Waals surface area contributed by atoms with E-state index >= 15 is 0 Å². The molecule has 29 heavy (non-hydrogen) atoms. The highest BCUT2D eigenvalue weighted by molar-refractivity contribution is 6.03. The van der Waals surface area contributed by atoms with Crippen molar-refractivity contribution in [2.24, 2.45) is 10.7 Å². The Kier molecular flexibility index (Phi) is 5.64. The van der Waals surface area contributed by atoms with E-state index in [1.807, 2.05) is 6.07 Å². The zero-order valence-electron chi connectivity index (χ0n) is 16.1. The van der Waals surface area contributed by atoms with Crippen LogP contribution in [0.4, 0.5) is 5.95 Å². The number of aliphatic hydroxyl groups is 1. The average Bonchev–Trinajstić information content (AvgIpc) is 3.20. The number of nitrogens with two attached hydrogens (primary N) is 2. The van der Waals surface area contributed by atoms with Crippen molar-refractivity contribution in [3.05, 3.63) is 54.2 Å². The molecule has 0 aromatic carbocycles. The lowest BCUT2D eigenvalue weighted by atomic mass is 10.1. The van der Waals surface area contributed by atoms with Gasteiger partial charge < -0.3 is 16.6 Å². The molecule has 0 saturated carbocycles. The molecule has 0 fully saturated rings. The normalized spacial score (nSPS) is 12.2. The molecule has 3 aromatic rings. The molecule has 10 heteroatoms. The third-order valence-electron chi connectivity index (χ3n) is 4.26. The molecular formula is C19H22N8O2. The van der Waals surface area contributed by atoms with Crippen molar-refractivity contribution in [1.82, 2.24) is 24.7 Å². The van der Waals surface area contributed by atoms with Gasteiger partial charge in [-0.05, 0) is 25.5 Å². The first kappa shape index (κ1) is 20.1. The minimum Gasteiger partial charge on any atom is -0.394 e. The summed E-state index contributed by atoms with van der Waals surface area (Å²) in [5.41, 5.74) is 13.3. The summed E-state index contributed by atoms with van der Waals surface area (Å²) in [5.74, 6) is -0.134. The number of nitrogens with zero attached hydrogens (tertiary/aromatic N) is 6. The quantitative estimate of drug-likeness (QED) is 0.409. The van der Waals surface area contributed by atoms with Gasteiger partial charge in [0.1, 0.15) is 5.84 Å². The molecule has 150 valence electrons. The van der Waals surface area contributed by atoms with E-state index in [2.05, 4.69) is 25.0 Å². The van der Waals surface area contributed by atoms with E-state index < -0.39 is 11.4 Å². The van der Waals surface area contributed by atoms with Gasteiger partial charge in [0.15, 0.2) is 0 Å². The molecule has 0 bridgehead atoms. The Bertz CT molecular complexity index is 1020. The number of aromatic nitrogens is 5. The second kappa shape index (κ2) is 8.15. The second-order valence-corrected chi connectivity index (χ2v) is 7.11. The highest BCUT2D eigenvalue weighted by Gasteiger charge is 2.21.